The summed E-state index contributed by atoms with van der Waals surface area (Å²) >= 11 is 0. The highest BCUT2D eigenvalue weighted by molar-refractivity contribution is 5.07. The van der Waals surface area contributed by atoms with E-state index in [1.165, 1.54) is 0 Å². The van der Waals surface area contributed by atoms with E-state index < -0.39 is 0 Å². The van der Waals surface area contributed by atoms with Gasteiger partial charge in [0, 0.05) is 18.8 Å². The molecule has 0 spiro atoms. The number of aromatic nitrogens is 1. The van der Waals surface area contributed by atoms with Crippen molar-refractivity contribution in [2.24, 2.45) is 5.92 Å². The molecule has 0 radical (unpaired) electrons. The summed E-state index contributed by atoms with van der Waals surface area (Å²) in [5.74, 6) is 0.552. The molecule has 0 aliphatic heterocycles. The van der Waals surface area contributed by atoms with E-state index >= 15 is 0 Å². The summed E-state index contributed by atoms with van der Waals surface area (Å²) in [6, 6.07) is 6.24. The Kier molecular flexibility index (Phi) is 6.04. The van der Waals surface area contributed by atoms with Crippen LogP contribution in [0.2, 0.25) is 0 Å². The van der Waals surface area contributed by atoms with Crippen LogP contribution in [0, 0.1) is 5.92 Å². The molecule has 3 heteroatoms. The highest BCUT2D eigenvalue weighted by Crippen LogP contribution is 2.11. The van der Waals surface area contributed by atoms with Gasteiger partial charge in [-0.15, -0.1) is 0 Å². The topological polar surface area (TPSA) is 45.1 Å². The maximum Gasteiger partial charge on any atom is 0.0570 e. The number of rotatable bonds is 7. The van der Waals surface area contributed by atoms with Gasteiger partial charge in [0.1, 0.15) is 0 Å². The van der Waals surface area contributed by atoms with Gasteiger partial charge in [-0.3, -0.25) is 4.98 Å². The van der Waals surface area contributed by atoms with Gasteiger partial charge >= 0.3 is 0 Å². The number of aliphatic hydroxyl groups is 1. The summed E-state index contributed by atoms with van der Waals surface area (Å²) in [7, 11) is 0. The van der Waals surface area contributed by atoms with Crippen LogP contribution in [0.3, 0.4) is 0 Å². The van der Waals surface area contributed by atoms with Crippen LogP contribution in [0.25, 0.3) is 0 Å². The molecule has 0 aliphatic rings. The summed E-state index contributed by atoms with van der Waals surface area (Å²) in [6.45, 7) is 5.49. The normalized spacial score (nSPS) is 14.7. The number of aliphatic hydroxyl groups excluding tert-OH is 1. The maximum absolute atomic E-state index is 8.91. The second kappa shape index (κ2) is 7.36. The monoisotopic (exact) mass is 222 g/mol. The molecule has 2 atom stereocenters. The molecule has 2 N–H and O–H groups in total. The second-order valence-corrected chi connectivity index (χ2v) is 4.17. The molecular weight excluding hydrogens is 200 g/mol. The first kappa shape index (κ1) is 13.1. The average Bonchev–Trinajstić information content (AvgIpc) is 2.35. The van der Waals surface area contributed by atoms with E-state index in [-0.39, 0.29) is 12.6 Å². The van der Waals surface area contributed by atoms with E-state index in [1.54, 1.807) is 0 Å². The van der Waals surface area contributed by atoms with E-state index in [9.17, 15) is 0 Å². The molecule has 2 unspecified atom stereocenters. The van der Waals surface area contributed by atoms with Gasteiger partial charge in [0.25, 0.3) is 0 Å². The minimum absolute atomic E-state index is 0.272. The van der Waals surface area contributed by atoms with E-state index in [0.29, 0.717) is 5.92 Å². The van der Waals surface area contributed by atoms with Crippen LogP contribution in [-0.4, -0.2) is 23.2 Å². The van der Waals surface area contributed by atoms with Crippen molar-refractivity contribution in [3.05, 3.63) is 30.1 Å². The largest absolute Gasteiger partial charge is 0.396 e. The summed E-state index contributed by atoms with van der Waals surface area (Å²) in [6.07, 6.45) is 3.79. The van der Waals surface area contributed by atoms with Crippen LogP contribution in [0.4, 0.5) is 0 Å². The van der Waals surface area contributed by atoms with Crippen LogP contribution in [0.5, 0.6) is 0 Å². The number of nitrogens with one attached hydrogen (secondary N) is 1. The molecule has 1 rings (SSSR count). The van der Waals surface area contributed by atoms with Crippen molar-refractivity contribution in [1.29, 1.82) is 0 Å². The minimum atomic E-state index is 0.272. The van der Waals surface area contributed by atoms with Crippen LogP contribution < -0.4 is 5.32 Å². The van der Waals surface area contributed by atoms with Gasteiger partial charge in [0.2, 0.25) is 0 Å². The third kappa shape index (κ3) is 4.29. The molecule has 16 heavy (non-hydrogen) atoms. The summed E-state index contributed by atoms with van der Waals surface area (Å²) in [5, 5.41) is 12.4. The van der Waals surface area contributed by atoms with Gasteiger partial charge in [-0.05, 0) is 37.9 Å². The quantitative estimate of drug-likeness (QED) is 0.743. The summed E-state index contributed by atoms with van der Waals surface area (Å²) < 4.78 is 0. The van der Waals surface area contributed by atoms with Crippen molar-refractivity contribution < 1.29 is 5.11 Å². The van der Waals surface area contributed by atoms with Gasteiger partial charge in [-0.25, -0.2) is 0 Å². The lowest BCUT2D eigenvalue weighted by Crippen LogP contribution is -2.26. The van der Waals surface area contributed by atoms with Gasteiger partial charge in [0.05, 0.1) is 5.69 Å². The Labute approximate surface area is 97.9 Å². The predicted molar refractivity (Wildman–Crippen MR) is 66.1 cm³/mol. The lowest BCUT2D eigenvalue weighted by Gasteiger charge is -2.18. The molecule has 0 fully saturated rings. The molecule has 0 saturated carbocycles. The Morgan fingerprint density at radius 2 is 2.25 bits per heavy atom. The molecule has 90 valence electrons. The minimum Gasteiger partial charge on any atom is -0.396 e. The Morgan fingerprint density at radius 1 is 1.44 bits per heavy atom. The first-order valence-corrected chi connectivity index (χ1v) is 6.03. The van der Waals surface area contributed by atoms with E-state index in [2.05, 4.69) is 24.1 Å². The molecule has 1 heterocycles. The highest BCUT2D eigenvalue weighted by atomic mass is 16.3. The fourth-order valence-electron chi connectivity index (χ4n) is 1.71. The zero-order valence-corrected chi connectivity index (χ0v) is 10.2. The van der Waals surface area contributed by atoms with Crippen molar-refractivity contribution in [3.8, 4) is 0 Å². The van der Waals surface area contributed by atoms with Crippen LogP contribution in [0.1, 0.15) is 38.4 Å². The van der Waals surface area contributed by atoms with Crippen molar-refractivity contribution >= 4 is 0 Å². The Morgan fingerprint density at radius 3 is 2.81 bits per heavy atom. The maximum atomic E-state index is 8.91. The molecule has 3 nitrogen and oxygen atoms in total. The van der Waals surface area contributed by atoms with Crippen molar-refractivity contribution in [1.82, 2.24) is 10.3 Å². The zero-order valence-electron chi connectivity index (χ0n) is 10.2. The lowest BCUT2D eigenvalue weighted by atomic mass is 10.0. The molecule has 0 aliphatic carbocycles. The van der Waals surface area contributed by atoms with Crippen LogP contribution in [0.15, 0.2) is 24.4 Å². The second-order valence-electron chi connectivity index (χ2n) is 4.17. The molecule has 0 saturated heterocycles. The van der Waals surface area contributed by atoms with Crippen molar-refractivity contribution in [3.63, 3.8) is 0 Å². The molecule has 0 bridgehead atoms. The molecule has 0 amide bonds. The van der Waals surface area contributed by atoms with E-state index in [1.807, 2.05) is 24.4 Å². The first-order valence-electron chi connectivity index (χ1n) is 6.03. The summed E-state index contributed by atoms with van der Waals surface area (Å²) in [5.41, 5.74) is 1.07. The SMILES string of the molecule is CCC(CCO)CNC(C)c1ccccn1. The zero-order chi connectivity index (χ0) is 11.8. The molecular formula is C13H22N2O. The standard InChI is InChI=1S/C13H22N2O/c1-3-12(7-9-16)10-15-11(2)13-6-4-5-8-14-13/h4-6,8,11-12,15-16H,3,7,9-10H2,1-2H3. The van der Waals surface area contributed by atoms with E-state index in [4.69, 9.17) is 5.11 Å². The lowest BCUT2D eigenvalue weighted by molar-refractivity contribution is 0.249. The number of nitrogens with zero attached hydrogens (tertiary/aromatic N) is 1. The number of hydrogen-bond acceptors (Lipinski definition) is 3. The number of pyridine rings is 1. The van der Waals surface area contributed by atoms with Gasteiger partial charge in [-0.2, -0.15) is 0 Å². The smallest absolute Gasteiger partial charge is 0.0570 e. The highest BCUT2D eigenvalue weighted by Gasteiger charge is 2.09. The van der Waals surface area contributed by atoms with Gasteiger partial charge < -0.3 is 10.4 Å². The molecule has 0 aromatic carbocycles. The molecule has 1 aromatic rings. The van der Waals surface area contributed by atoms with Crippen molar-refractivity contribution in [2.45, 2.75) is 32.7 Å². The third-order valence-electron chi connectivity index (χ3n) is 2.96. The van der Waals surface area contributed by atoms with Crippen molar-refractivity contribution in [2.75, 3.05) is 13.2 Å². The Balaban J connectivity index is 2.37. The fraction of sp³-hybridized carbons (Fsp3) is 0.615. The fourth-order valence-corrected chi connectivity index (χ4v) is 1.71. The average molecular weight is 222 g/mol. The van der Waals surface area contributed by atoms with E-state index in [0.717, 1.165) is 25.1 Å². The predicted octanol–water partition coefficient (Wildman–Crippen LogP) is 2.14. The first-order chi connectivity index (χ1) is 7.77. The third-order valence-corrected chi connectivity index (χ3v) is 2.96. The summed E-state index contributed by atoms with van der Waals surface area (Å²) in [4.78, 5) is 4.32. The number of hydrogen-bond donors (Lipinski definition) is 2. The Bertz CT molecular complexity index is 277. The van der Waals surface area contributed by atoms with Gasteiger partial charge in [-0.1, -0.05) is 19.4 Å². The Hall–Kier alpha value is -0.930. The van der Waals surface area contributed by atoms with Crippen LogP contribution >= 0.6 is 0 Å². The molecule has 1 aromatic heterocycles. The van der Waals surface area contributed by atoms with Gasteiger partial charge in [0.15, 0.2) is 0 Å². The van der Waals surface area contributed by atoms with Crippen LogP contribution in [-0.2, 0) is 0 Å².